The van der Waals surface area contributed by atoms with Crippen LogP contribution in [0.2, 0.25) is 0 Å². The molecule has 0 heterocycles. The van der Waals surface area contributed by atoms with Gasteiger partial charge in [0.2, 0.25) is 0 Å². The average Bonchev–Trinajstić information content (AvgIpc) is 1.94. The molecule has 0 amide bonds. The van der Waals surface area contributed by atoms with E-state index in [4.69, 9.17) is 10.0 Å². The minimum atomic E-state index is -1.73. The molecule has 1 aromatic rings. The van der Waals surface area contributed by atoms with E-state index in [1.165, 1.54) is 12.1 Å². The first-order valence-electron chi connectivity index (χ1n) is 2.92. The molecule has 0 saturated heterocycles. The van der Waals surface area contributed by atoms with Crippen molar-refractivity contribution < 1.29 is 14.4 Å². The van der Waals surface area contributed by atoms with E-state index < -0.39 is 12.9 Å². The molecule has 5 heteroatoms. The second-order valence-corrected chi connectivity index (χ2v) is 3.29. The number of benzene rings is 1. The molecule has 1 rings (SSSR count). The van der Waals surface area contributed by atoms with Gasteiger partial charge in [0.1, 0.15) is 5.82 Å². The smallest absolute Gasteiger partial charge is 0.423 e. The van der Waals surface area contributed by atoms with Crippen molar-refractivity contribution in [3.8, 4) is 0 Å². The highest BCUT2D eigenvalue weighted by molar-refractivity contribution is 14.1. The molecule has 0 aromatic heterocycles. The van der Waals surface area contributed by atoms with Crippen LogP contribution in [0.3, 0.4) is 0 Å². The highest BCUT2D eigenvalue weighted by Crippen LogP contribution is 2.03. The van der Waals surface area contributed by atoms with Gasteiger partial charge in [0.25, 0.3) is 0 Å². The Hall–Kier alpha value is -0.135. The van der Waals surface area contributed by atoms with Crippen molar-refractivity contribution in [3.05, 3.63) is 27.6 Å². The third-order valence-electron chi connectivity index (χ3n) is 1.24. The Labute approximate surface area is 77.3 Å². The van der Waals surface area contributed by atoms with E-state index in [0.717, 1.165) is 3.57 Å². The molecule has 0 unspecified atom stereocenters. The summed E-state index contributed by atoms with van der Waals surface area (Å²) in [5, 5.41) is 17.3. The zero-order chi connectivity index (χ0) is 8.43. The number of hydrogen-bond donors (Lipinski definition) is 2. The molecule has 0 fully saturated rings. The zero-order valence-corrected chi connectivity index (χ0v) is 7.62. The fourth-order valence-electron chi connectivity index (χ4n) is 0.712. The molecule has 2 N–H and O–H groups in total. The van der Waals surface area contributed by atoms with Gasteiger partial charge < -0.3 is 10.0 Å². The van der Waals surface area contributed by atoms with Gasteiger partial charge in [-0.1, -0.05) is 0 Å². The summed E-state index contributed by atoms with van der Waals surface area (Å²) in [5.41, 5.74) is -0.0862. The molecule has 58 valence electrons. The maximum absolute atomic E-state index is 12.7. The molecule has 0 aliphatic heterocycles. The van der Waals surface area contributed by atoms with Gasteiger partial charge in [-0.2, -0.15) is 0 Å². The summed E-state index contributed by atoms with van der Waals surface area (Å²) in [4.78, 5) is 0. The van der Waals surface area contributed by atoms with Crippen LogP contribution in [0.25, 0.3) is 0 Å². The standard InChI is InChI=1S/C6H5BFIO2/c8-6-2-1-4(9)3-5(6)7(10)11/h1-3,10-11H. The first-order valence-corrected chi connectivity index (χ1v) is 4.00. The lowest BCUT2D eigenvalue weighted by Crippen LogP contribution is -2.32. The van der Waals surface area contributed by atoms with E-state index >= 15 is 0 Å². The molecule has 0 aliphatic carbocycles. The summed E-state index contributed by atoms with van der Waals surface area (Å²) in [6.45, 7) is 0. The van der Waals surface area contributed by atoms with Crippen molar-refractivity contribution in [2.24, 2.45) is 0 Å². The fourth-order valence-corrected chi connectivity index (χ4v) is 1.23. The monoisotopic (exact) mass is 266 g/mol. The van der Waals surface area contributed by atoms with Crippen LogP contribution in [-0.2, 0) is 0 Å². The minimum absolute atomic E-state index is 0.0862. The van der Waals surface area contributed by atoms with Crippen LogP contribution in [-0.4, -0.2) is 17.2 Å². The minimum Gasteiger partial charge on any atom is -0.423 e. The molecule has 0 spiro atoms. The van der Waals surface area contributed by atoms with Crippen LogP contribution in [0, 0.1) is 9.39 Å². The summed E-state index contributed by atoms with van der Waals surface area (Å²) >= 11 is 1.97. The topological polar surface area (TPSA) is 40.5 Å². The third-order valence-corrected chi connectivity index (χ3v) is 1.91. The molecule has 2 nitrogen and oxygen atoms in total. The van der Waals surface area contributed by atoms with Crippen LogP contribution in [0.4, 0.5) is 4.39 Å². The lowest BCUT2D eigenvalue weighted by molar-refractivity contribution is 0.423. The van der Waals surface area contributed by atoms with Crippen molar-refractivity contribution in [2.45, 2.75) is 0 Å². The van der Waals surface area contributed by atoms with E-state index in [1.807, 2.05) is 22.6 Å². The van der Waals surface area contributed by atoms with Gasteiger partial charge in [-0.3, -0.25) is 0 Å². The first kappa shape index (κ1) is 8.96. The Morgan fingerprint density at radius 3 is 2.45 bits per heavy atom. The van der Waals surface area contributed by atoms with Crippen LogP contribution in [0.15, 0.2) is 18.2 Å². The molecule has 0 bridgehead atoms. The number of halogens is 2. The molecular weight excluding hydrogens is 261 g/mol. The summed E-state index contributed by atoms with van der Waals surface area (Å²) in [5.74, 6) is -0.597. The van der Waals surface area contributed by atoms with Crippen molar-refractivity contribution in [1.29, 1.82) is 0 Å². The quantitative estimate of drug-likeness (QED) is 0.559. The molecule has 0 atom stereocenters. The first-order chi connectivity index (χ1) is 5.11. The molecule has 0 aliphatic rings. The molecule has 0 saturated carbocycles. The SMILES string of the molecule is OB(O)c1cc(I)ccc1F. The molecular formula is C6H5BFIO2. The van der Waals surface area contributed by atoms with E-state index in [0.29, 0.717) is 0 Å². The van der Waals surface area contributed by atoms with Crippen LogP contribution in [0.1, 0.15) is 0 Å². The number of rotatable bonds is 1. The van der Waals surface area contributed by atoms with Crippen molar-refractivity contribution in [1.82, 2.24) is 0 Å². The Morgan fingerprint density at radius 2 is 2.00 bits per heavy atom. The van der Waals surface area contributed by atoms with E-state index in [2.05, 4.69) is 0 Å². The molecule has 1 aromatic carbocycles. The van der Waals surface area contributed by atoms with Crippen LogP contribution < -0.4 is 5.46 Å². The number of hydrogen-bond acceptors (Lipinski definition) is 2. The van der Waals surface area contributed by atoms with Crippen molar-refractivity contribution in [2.75, 3.05) is 0 Å². The maximum atomic E-state index is 12.7. The van der Waals surface area contributed by atoms with Gasteiger partial charge in [-0.15, -0.1) is 0 Å². The lowest BCUT2D eigenvalue weighted by Gasteiger charge is -2.00. The largest absolute Gasteiger partial charge is 0.491 e. The Morgan fingerprint density at radius 1 is 1.36 bits per heavy atom. The lowest BCUT2D eigenvalue weighted by atomic mass is 9.80. The van der Waals surface area contributed by atoms with E-state index in [1.54, 1.807) is 6.07 Å². The van der Waals surface area contributed by atoms with Gasteiger partial charge >= 0.3 is 7.12 Å². The van der Waals surface area contributed by atoms with Gasteiger partial charge in [0, 0.05) is 9.03 Å². The highest BCUT2D eigenvalue weighted by Gasteiger charge is 2.15. The zero-order valence-electron chi connectivity index (χ0n) is 5.46. The third kappa shape index (κ3) is 2.15. The van der Waals surface area contributed by atoms with Crippen LogP contribution >= 0.6 is 22.6 Å². The Balaban J connectivity index is 3.13. The van der Waals surface area contributed by atoms with Crippen molar-refractivity contribution in [3.63, 3.8) is 0 Å². The fraction of sp³-hybridized carbons (Fsp3) is 0. The summed E-state index contributed by atoms with van der Waals surface area (Å²) < 4.78 is 13.5. The summed E-state index contributed by atoms with van der Waals surface area (Å²) in [6.07, 6.45) is 0. The summed E-state index contributed by atoms with van der Waals surface area (Å²) in [6, 6.07) is 4.15. The van der Waals surface area contributed by atoms with Crippen molar-refractivity contribution >= 4 is 35.2 Å². The molecule has 0 radical (unpaired) electrons. The Bertz CT molecular complexity index is 267. The second kappa shape index (κ2) is 3.51. The van der Waals surface area contributed by atoms with Crippen LogP contribution in [0.5, 0.6) is 0 Å². The van der Waals surface area contributed by atoms with Gasteiger partial charge in [-0.25, -0.2) is 4.39 Å². The average molecular weight is 266 g/mol. The van der Waals surface area contributed by atoms with Gasteiger partial charge in [-0.05, 0) is 40.8 Å². The molecule has 11 heavy (non-hydrogen) atoms. The summed E-state index contributed by atoms with van der Waals surface area (Å²) in [7, 11) is -1.73. The predicted octanol–water partition coefficient (Wildman–Crippen LogP) is 0.110. The maximum Gasteiger partial charge on any atom is 0.491 e. The van der Waals surface area contributed by atoms with E-state index in [9.17, 15) is 4.39 Å². The normalized spacial score (nSPS) is 9.82. The van der Waals surface area contributed by atoms with Gasteiger partial charge in [0.05, 0.1) is 0 Å². The van der Waals surface area contributed by atoms with Gasteiger partial charge in [0.15, 0.2) is 0 Å². The van der Waals surface area contributed by atoms with E-state index in [-0.39, 0.29) is 5.46 Å². The highest BCUT2D eigenvalue weighted by atomic mass is 127. The second-order valence-electron chi connectivity index (χ2n) is 2.04. The Kier molecular flexibility index (Phi) is 2.86. The predicted molar refractivity (Wildman–Crippen MR) is 48.9 cm³/mol.